The van der Waals surface area contributed by atoms with Crippen molar-refractivity contribution in [1.82, 2.24) is 9.97 Å². The number of halogens is 2. The minimum atomic E-state index is -0.676. The van der Waals surface area contributed by atoms with Crippen LogP contribution < -0.4 is 4.90 Å². The topological polar surface area (TPSA) is 73.0 Å². The molecule has 5 nitrogen and oxygen atoms in total. The van der Waals surface area contributed by atoms with Crippen molar-refractivity contribution in [3.8, 4) is 6.07 Å². The molecule has 1 N–H and O–H groups in total. The fraction of sp³-hybridized carbons (Fsp3) is 0.267. The predicted molar refractivity (Wildman–Crippen MR) is 73.8 cm³/mol. The molecule has 22 heavy (non-hydrogen) atoms. The van der Waals surface area contributed by atoms with E-state index in [9.17, 15) is 13.9 Å². The average Bonchev–Trinajstić information content (AvgIpc) is 2.91. The molecule has 0 aliphatic carbocycles. The number of anilines is 1. The van der Waals surface area contributed by atoms with Crippen LogP contribution in [-0.4, -0.2) is 27.7 Å². The number of hydrogen-bond acceptors (Lipinski definition) is 5. The highest BCUT2D eigenvalue weighted by Crippen LogP contribution is 2.36. The molecule has 1 fully saturated rings. The summed E-state index contributed by atoms with van der Waals surface area (Å²) in [6.07, 6.45) is 2.28. The molecule has 1 aliphatic rings. The van der Waals surface area contributed by atoms with Gasteiger partial charge in [-0.2, -0.15) is 5.26 Å². The van der Waals surface area contributed by atoms with Crippen LogP contribution in [0.4, 0.5) is 14.6 Å². The molecule has 2 aromatic rings. The first kappa shape index (κ1) is 14.4. The second-order valence-electron chi connectivity index (χ2n) is 5.10. The summed E-state index contributed by atoms with van der Waals surface area (Å²) in [6, 6.07) is 4.57. The van der Waals surface area contributed by atoms with Gasteiger partial charge in [0.25, 0.3) is 0 Å². The molecule has 3 rings (SSSR count). The molecule has 2 heterocycles. The molecule has 0 bridgehead atoms. The van der Waals surface area contributed by atoms with Crippen molar-refractivity contribution < 1.29 is 13.9 Å². The molecule has 0 unspecified atom stereocenters. The third-order valence-electron chi connectivity index (χ3n) is 3.64. The number of nitriles is 1. The Morgan fingerprint density at radius 3 is 2.77 bits per heavy atom. The highest BCUT2D eigenvalue weighted by Gasteiger charge is 2.34. The maximum Gasteiger partial charge on any atom is 0.158 e. The van der Waals surface area contributed by atoms with Gasteiger partial charge in [0.05, 0.1) is 24.5 Å². The van der Waals surface area contributed by atoms with Crippen molar-refractivity contribution in [1.29, 1.82) is 5.26 Å². The Kier molecular flexibility index (Phi) is 3.69. The fourth-order valence-corrected chi connectivity index (χ4v) is 2.66. The number of aliphatic hydroxyl groups excluding tert-OH is 1. The molecular formula is C15H12F2N4O. The van der Waals surface area contributed by atoms with Gasteiger partial charge in [0, 0.05) is 12.1 Å². The first-order valence-corrected chi connectivity index (χ1v) is 6.70. The SMILES string of the molecule is N#Cc1cnc(N2C[C@@H](O)C[C@@H]2c2cc(F)ccc2F)cn1. The van der Waals surface area contributed by atoms with Crippen LogP contribution in [0.3, 0.4) is 0 Å². The van der Waals surface area contributed by atoms with E-state index in [1.807, 2.05) is 6.07 Å². The number of β-amino-alcohol motifs (C(OH)–C–C–N with tert-alkyl or cyclic N) is 1. The number of aromatic nitrogens is 2. The van der Waals surface area contributed by atoms with Gasteiger partial charge >= 0.3 is 0 Å². The number of aliphatic hydroxyl groups is 1. The molecule has 0 saturated carbocycles. The van der Waals surface area contributed by atoms with E-state index in [-0.39, 0.29) is 24.2 Å². The Balaban J connectivity index is 1.98. The second-order valence-corrected chi connectivity index (χ2v) is 5.10. The van der Waals surface area contributed by atoms with E-state index < -0.39 is 23.8 Å². The third kappa shape index (κ3) is 2.61. The summed E-state index contributed by atoms with van der Waals surface area (Å²) in [5.41, 5.74) is 0.333. The van der Waals surface area contributed by atoms with Crippen LogP contribution in [0.2, 0.25) is 0 Å². The van der Waals surface area contributed by atoms with Crippen molar-refractivity contribution in [3.05, 3.63) is 53.5 Å². The number of rotatable bonds is 2. The maximum atomic E-state index is 14.0. The second kappa shape index (κ2) is 5.66. The first-order chi connectivity index (χ1) is 10.6. The number of nitrogens with zero attached hydrogens (tertiary/aromatic N) is 4. The van der Waals surface area contributed by atoms with E-state index in [1.54, 1.807) is 4.90 Å². The summed E-state index contributed by atoms with van der Waals surface area (Å²) >= 11 is 0. The summed E-state index contributed by atoms with van der Waals surface area (Å²) in [6.45, 7) is 0.237. The van der Waals surface area contributed by atoms with Crippen LogP contribution in [0.15, 0.2) is 30.6 Å². The first-order valence-electron chi connectivity index (χ1n) is 6.70. The lowest BCUT2D eigenvalue weighted by atomic mass is 10.0. The Labute approximate surface area is 125 Å². The zero-order valence-corrected chi connectivity index (χ0v) is 11.4. The summed E-state index contributed by atoms with van der Waals surface area (Å²) in [5.74, 6) is -0.667. The minimum Gasteiger partial charge on any atom is -0.391 e. The quantitative estimate of drug-likeness (QED) is 0.917. The van der Waals surface area contributed by atoms with Crippen LogP contribution in [0, 0.1) is 23.0 Å². The van der Waals surface area contributed by atoms with Gasteiger partial charge in [-0.15, -0.1) is 0 Å². The monoisotopic (exact) mass is 302 g/mol. The van der Waals surface area contributed by atoms with Gasteiger partial charge in [0.2, 0.25) is 0 Å². The zero-order valence-electron chi connectivity index (χ0n) is 11.4. The lowest BCUT2D eigenvalue weighted by molar-refractivity contribution is 0.194. The predicted octanol–water partition coefficient (Wildman–Crippen LogP) is 1.94. The van der Waals surface area contributed by atoms with Gasteiger partial charge in [0.1, 0.15) is 23.5 Å². The lowest BCUT2D eigenvalue weighted by Crippen LogP contribution is -2.26. The van der Waals surface area contributed by atoms with Crippen molar-refractivity contribution >= 4 is 5.82 Å². The fourth-order valence-electron chi connectivity index (χ4n) is 2.66. The Morgan fingerprint density at radius 2 is 2.09 bits per heavy atom. The molecular weight excluding hydrogens is 290 g/mol. The van der Waals surface area contributed by atoms with Crippen LogP contribution in [-0.2, 0) is 0 Å². The van der Waals surface area contributed by atoms with E-state index in [0.717, 1.165) is 18.2 Å². The number of hydrogen-bond donors (Lipinski definition) is 1. The van der Waals surface area contributed by atoms with E-state index >= 15 is 0 Å². The molecule has 0 spiro atoms. The van der Waals surface area contributed by atoms with Gasteiger partial charge in [0.15, 0.2) is 5.69 Å². The highest BCUT2D eigenvalue weighted by molar-refractivity contribution is 5.44. The van der Waals surface area contributed by atoms with Crippen LogP contribution in [0.5, 0.6) is 0 Å². The largest absolute Gasteiger partial charge is 0.391 e. The summed E-state index contributed by atoms with van der Waals surface area (Å²) in [7, 11) is 0. The smallest absolute Gasteiger partial charge is 0.158 e. The van der Waals surface area contributed by atoms with Crippen LogP contribution >= 0.6 is 0 Å². The molecule has 1 aromatic heterocycles. The molecule has 1 saturated heterocycles. The normalized spacial score (nSPS) is 20.9. The van der Waals surface area contributed by atoms with Gasteiger partial charge in [-0.05, 0) is 24.6 Å². The zero-order chi connectivity index (χ0) is 15.7. The molecule has 2 atom stereocenters. The standard InChI is InChI=1S/C15H12F2N4O/c16-9-1-2-13(17)12(3-9)14-4-11(22)8-21(14)15-7-19-10(5-18)6-20-15/h1-3,6-7,11,14,22H,4,8H2/t11-,14+/m0/s1. The molecule has 0 radical (unpaired) electrons. The van der Waals surface area contributed by atoms with E-state index in [0.29, 0.717) is 5.82 Å². The van der Waals surface area contributed by atoms with Crippen LogP contribution in [0.1, 0.15) is 23.7 Å². The molecule has 0 amide bonds. The third-order valence-corrected chi connectivity index (χ3v) is 3.64. The van der Waals surface area contributed by atoms with E-state index in [4.69, 9.17) is 5.26 Å². The van der Waals surface area contributed by atoms with Gasteiger partial charge in [-0.1, -0.05) is 0 Å². The molecule has 1 aliphatic heterocycles. The van der Waals surface area contributed by atoms with Gasteiger partial charge in [-0.3, -0.25) is 0 Å². The van der Waals surface area contributed by atoms with Gasteiger partial charge < -0.3 is 10.0 Å². The average molecular weight is 302 g/mol. The molecule has 7 heteroatoms. The van der Waals surface area contributed by atoms with E-state index in [2.05, 4.69) is 9.97 Å². The van der Waals surface area contributed by atoms with E-state index in [1.165, 1.54) is 12.4 Å². The van der Waals surface area contributed by atoms with Crippen LogP contribution in [0.25, 0.3) is 0 Å². The van der Waals surface area contributed by atoms with Crippen molar-refractivity contribution in [3.63, 3.8) is 0 Å². The highest BCUT2D eigenvalue weighted by atomic mass is 19.1. The lowest BCUT2D eigenvalue weighted by Gasteiger charge is -2.25. The Hall–Kier alpha value is -2.59. The van der Waals surface area contributed by atoms with Crippen molar-refractivity contribution in [2.75, 3.05) is 11.4 Å². The van der Waals surface area contributed by atoms with Gasteiger partial charge in [-0.25, -0.2) is 18.7 Å². The Morgan fingerprint density at radius 1 is 1.27 bits per heavy atom. The van der Waals surface area contributed by atoms with Crippen molar-refractivity contribution in [2.24, 2.45) is 0 Å². The van der Waals surface area contributed by atoms with Crippen molar-refractivity contribution in [2.45, 2.75) is 18.6 Å². The summed E-state index contributed by atoms with van der Waals surface area (Å²) < 4.78 is 27.4. The summed E-state index contributed by atoms with van der Waals surface area (Å²) in [5, 5.41) is 18.6. The molecule has 112 valence electrons. The molecule has 1 aromatic carbocycles. The minimum absolute atomic E-state index is 0.164. The summed E-state index contributed by atoms with van der Waals surface area (Å²) in [4.78, 5) is 9.69. The Bertz CT molecular complexity index is 729. The number of benzene rings is 1. The maximum absolute atomic E-state index is 14.0.